The molecule has 0 radical (unpaired) electrons. The summed E-state index contributed by atoms with van der Waals surface area (Å²) in [6.07, 6.45) is 2.12. The van der Waals surface area contributed by atoms with Gasteiger partial charge in [0.2, 0.25) is 0 Å². The number of hydrogen-bond acceptors (Lipinski definition) is 2. The smallest absolute Gasteiger partial charge is 0.0465 e. The Morgan fingerprint density at radius 3 is 2.41 bits per heavy atom. The fourth-order valence-electron chi connectivity index (χ4n) is 2.64. The third kappa shape index (κ3) is 3.08. The monoisotopic (exact) mass is 235 g/mol. The second-order valence-corrected chi connectivity index (χ2v) is 4.76. The minimum Gasteiger partial charge on any atom is -0.385 e. The van der Waals surface area contributed by atoms with E-state index in [1.54, 1.807) is 7.11 Å². The van der Waals surface area contributed by atoms with Crippen LogP contribution in [0.1, 0.15) is 32.3 Å². The third-order valence-corrected chi connectivity index (χ3v) is 4.04. The lowest BCUT2D eigenvalue weighted by Crippen LogP contribution is -2.41. The summed E-state index contributed by atoms with van der Waals surface area (Å²) in [5.74, 6) is 0.528. The van der Waals surface area contributed by atoms with E-state index in [1.165, 1.54) is 5.56 Å². The van der Waals surface area contributed by atoms with E-state index >= 15 is 0 Å². The molecule has 96 valence electrons. The predicted molar refractivity (Wildman–Crippen MR) is 73.1 cm³/mol. The fraction of sp³-hybridized carbons (Fsp3) is 0.600. The first-order valence-corrected chi connectivity index (χ1v) is 6.45. The molecule has 2 atom stereocenters. The molecule has 0 amide bonds. The Kier molecular flexibility index (Phi) is 5.66. The van der Waals surface area contributed by atoms with E-state index in [2.05, 4.69) is 44.2 Å². The molecule has 1 aromatic carbocycles. The van der Waals surface area contributed by atoms with E-state index in [-0.39, 0.29) is 5.41 Å². The van der Waals surface area contributed by atoms with Gasteiger partial charge in [-0.25, -0.2) is 0 Å². The average Bonchev–Trinajstić information content (AvgIpc) is 2.39. The van der Waals surface area contributed by atoms with Gasteiger partial charge in [-0.2, -0.15) is 0 Å². The van der Waals surface area contributed by atoms with Crippen molar-refractivity contribution in [1.29, 1.82) is 0 Å². The SMILES string of the molecule is CCC(CN)(c1ccccc1)C(C)CCOC. The maximum atomic E-state index is 6.08. The molecule has 0 aliphatic carbocycles. The third-order valence-electron chi connectivity index (χ3n) is 4.04. The van der Waals surface area contributed by atoms with Gasteiger partial charge in [-0.1, -0.05) is 44.2 Å². The highest BCUT2D eigenvalue weighted by molar-refractivity contribution is 5.26. The molecule has 2 heteroatoms. The molecule has 0 fully saturated rings. The van der Waals surface area contributed by atoms with Gasteiger partial charge in [-0.05, 0) is 24.3 Å². The van der Waals surface area contributed by atoms with Crippen LogP contribution >= 0.6 is 0 Å². The van der Waals surface area contributed by atoms with Crippen molar-refractivity contribution >= 4 is 0 Å². The van der Waals surface area contributed by atoms with Gasteiger partial charge >= 0.3 is 0 Å². The fourth-order valence-corrected chi connectivity index (χ4v) is 2.64. The van der Waals surface area contributed by atoms with Crippen LogP contribution in [-0.4, -0.2) is 20.3 Å². The van der Waals surface area contributed by atoms with Crippen LogP contribution in [0.2, 0.25) is 0 Å². The first kappa shape index (κ1) is 14.2. The van der Waals surface area contributed by atoms with Crippen molar-refractivity contribution in [1.82, 2.24) is 0 Å². The highest BCUT2D eigenvalue weighted by Gasteiger charge is 2.34. The second kappa shape index (κ2) is 6.77. The zero-order valence-corrected chi connectivity index (χ0v) is 11.3. The molecule has 0 saturated carbocycles. The topological polar surface area (TPSA) is 35.2 Å². The Labute approximate surface area is 105 Å². The van der Waals surface area contributed by atoms with E-state index in [0.717, 1.165) is 19.4 Å². The minimum atomic E-state index is 0.0831. The molecule has 0 heterocycles. The van der Waals surface area contributed by atoms with Gasteiger partial charge in [-0.3, -0.25) is 0 Å². The molecule has 1 rings (SSSR count). The zero-order chi connectivity index (χ0) is 12.7. The molecule has 2 nitrogen and oxygen atoms in total. The summed E-state index contributed by atoms with van der Waals surface area (Å²) < 4.78 is 5.19. The van der Waals surface area contributed by atoms with Crippen molar-refractivity contribution in [3.8, 4) is 0 Å². The van der Waals surface area contributed by atoms with Gasteiger partial charge < -0.3 is 10.5 Å². The van der Waals surface area contributed by atoms with Gasteiger partial charge in [0.05, 0.1) is 0 Å². The lowest BCUT2D eigenvalue weighted by Gasteiger charge is -2.38. The van der Waals surface area contributed by atoms with Crippen LogP contribution in [0.15, 0.2) is 30.3 Å². The average molecular weight is 235 g/mol. The van der Waals surface area contributed by atoms with Gasteiger partial charge in [0.25, 0.3) is 0 Å². The molecule has 0 aromatic heterocycles. The van der Waals surface area contributed by atoms with Crippen LogP contribution in [0.25, 0.3) is 0 Å². The van der Waals surface area contributed by atoms with Crippen molar-refractivity contribution in [2.75, 3.05) is 20.3 Å². The number of methoxy groups -OCH3 is 1. The standard InChI is InChI=1S/C15H25NO/c1-4-15(12-16,13(2)10-11-17-3)14-8-6-5-7-9-14/h5-9,13H,4,10-12,16H2,1-3H3. The number of hydrogen-bond donors (Lipinski definition) is 1. The van der Waals surface area contributed by atoms with E-state index in [4.69, 9.17) is 10.5 Å². The molecular weight excluding hydrogens is 210 g/mol. The van der Waals surface area contributed by atoms with Crippen LogP contribution in [0.3, 0.4) is 0 Å². The normalized spacial score (nSPS) is 16.5. The van der Waals surface area contributed by atoms with E-state index in [0.29, 0.717) is 12.5 Å². The Hall–Kier alpha value is -0.860. The highest BCUT2D eigenvalue weighted by atomic mass is 16.5. The maximum Gasteiger partial charge on any atom is 0.0465 e. The number of benzene rings is 1. The Balaban J connectivity index is 2.96. The summed E-state index contributed by atoms with van der Waals surface area (Å²) in [7, 11) is 1.76. The Bertz CT molecular complexity index is 306. The van der Waals surface area contributed by atoms with Gasteiger partial charge in [-0.15, -0.1) is 0 Å². The van der Waals surface area contributed by atoms with Crippen molar-refractivity contribution in [3.63, 3.8) is 0 Å². The van der Waals surface area contributed by atoms with Gasteiger partial charge in [0.15, 0.2) is 0 Å². The molecule has 0 aliphatic heterocycles. The van der Waals surface area contributed by atoms with E-state index in [9.17, 15) is 0 Å². The molecular formula is C15H25NO. The molecule has 0 spiro atoms. The molecule has 0 bridgehead atoms. The molecule has 17 heavy (non-hydrogen) atoms. The number of nitrogens with two attached hydrogens (primary N) is 1. The molecule has 0 aliphatic rings. The second-order valence-electron chi connectivity index (χ2n) is 4.76. The molecule has 2 N–H and O–H groups in total. The molecule has 0 saturated heterocycles. The van der Waals surface area contributed by atoms with E-state index in [1.807, 2.05) is 0 Å². The lowest BCUT2D eigenvalue weighted by molar-refractivity contribution is 0.153. The van der Waals surface area contributed by atoms with Crippen LogP contribution in [0.4, 0.5) is 0 Å². The van der Waals surface area contributed by atoms with Crippen molar-refractivity contribution in [2.24, 2.45) is 11.7 Å². The van der Waals surface area contributed by atoms with Crippen molar-refractivity contribution in [2.45, 2.75) is 32.1 Å². The van der Waals surface area contributed by atoms with Crippen LogP contribution < -0.4 is 5.73 Å². The zero-order valence-electron chi connectivity index (χ0n) is 11.3. The van der Waals surface area contributed by atoms with Crippen molar-refractivity contribution < 1.29 is 4.74 Å². The lowest BCUT2D eigenvalue weighted by atomic mass is 9.68. The summed E-state index contributed by atoms with van der Waals surface area (Å²) in [5, 5.41) is 0. The van der Waals surface area contributed by atoms with Crippen LogP contribution in [0.5, 0.6) is 0 Å². The maximum absolute atomic E-state index is 6.08. The van der Waals surface area contributed by atoms with E-state index < -0.39 is 0 Å². The first-order valence-electron chi connectivity index (χ1n) is 6.45. The molecule has 2 unspecified atom stereocenters. The van der Waals surface area contributed by atoms with Crippen LogP contribution in [-0.2, 0) is 10.2 Å². The minimum absolute atomic E-state index is 0.0831. The van der Waals surface area contributed by atoms with Gasteiger partial charge in [0.1, 0.15) is 0 Å². The summed E-state index contributed by atoms with van der Waals surface area (Å²) >= 11 is 0. The van der Waals surface area contributed by atoms with Crippen molar-refractivity contribution in [3.05, 3.63) is 35.9 Å². The quantitative estimate of drug-likeness (QED) is 0.788. The Morgan fingerprint density at radius 2 is 1.94 bits per heavy atom. The predicted octanol–water partition coefficient (Wildman–Crippen LogP) is 2.97. The van der Waals surface area contributed by atoms with Crippen LogP contribution in [0, 0.1) is 5.92 Å². The van der Waals surface area contributed by atoms with Gasteiger partial charge in [0, 0.05) is 25.7 Å². The highest BCUT2D eigenvalue weighted by Crippen LogP contribution is 2.36. The molecule has 1 aromatic rings. The summed E-state index contributed by atoms with van der Waals surface area (Å²) in [5.41, 5.74) is 7.52. The largest absolute Gasteiger partial charge is 0.385 e. The summed E-state index contributed by atoms with van der Waals surface area (Å²) in [6.45, 7) is 6.00. The first-order chi connectivity index (χ1) is 8.21. The summed E-state index contributed by atoms with van der Waals surface area (Å²) in [4.78, 5) is 0. The summed E-state index contributed by atoms with van der Waals surface area (Å²) in [6, 6.07) is 10.6. The number of rotatable bonds is 7. The number of ether oxygens (including phenoxy) is 1. The Morgan fingerprint density at radius 1 is 1.29 bits per heavy atom.